The molecular formula is C14H25NO3. The van der Waals surface area contributed by atoms with Crippen LogP contribution in [0, 0.1) is 11.8 Å². The van der Waals surface area contributed by atoms with Crippen molar-refractivity contribution in [2.75, 3.05) is 26.3 Å². The third-order valence-corrected chi connectivity index (χ3v) is 4.30. The van der Waals surface area contributed by atoms with Gasteiger partial charge in [0, 0.05) is 19.1 Å². The van der Waals surface area contributed by atoms with Gasteiger partial charge in [-0.05, 0) is 24.7 Å². The van der Waals surface area contributed by atoms with Crippen LogP contribution in [0.5, 0.6) is 0 Å². The van der Waals surface area contributed by atoms with Crippen LogP contribution in [0.3, 0.4) is 0 Å². The molecule has 4 nitrogen and oxygen atoms in total. The van der Waals surface area contributed by atoms with Crippen molar-refractivity contribution < 1.29 is 14.6 Å². The van der Waals surface area contributed by atoms with E-state index in [1.54, 1.807) is 0 Å². The van der Waals surface area contributed by atoms with Crippen molar-refractivity contribution in [1.82, 2.24) is 4.90 Å². The summed E-state index contributed by atoms with van der Waals surface area (Å²) >= 11 is 0. The molecule has 3 unspecified atom stereocenters. The fourth-order valence-electron chi connectivity index (χ4n) is 3.38. The Morgan fingerprint density at radius 2 is 2.28 bits per heavy atom. The summed E-state index contributed by atoms with van der Waals surface area (Å²) in [6, 6.07) is 0.0773. The summed E-state index contributed by atoms with van der Waals surface area (Å²) in [5.74, 6) is 0.873. The van der Waals surface area contributed by atoms with Gasteiger partial charge in [0.2, 0.25) is 0 Å². The predicted octanol–water partition coefficient (Wildman–Crippen LogP) is 1.99. The van der Waals surface area contributed by atoms with Gasteiger partial charge in [-0.25, -0.2) is 0 Å². The number of carboxylic acid groups (broad SMARTS) is 1. The van der Waals surface area contributed by atoms with Crippen LogP contribution in [0.15, 0.2) is 0 Å². The quantitative estimate of drug-likeness (QED) is 0.834. The summed E-state index contributed by atoms with van der Waals surface area (Å²) in [6.45, 7) is 5.61. The maximum atomic E-state index is 10.9. The van der Waals surface area contributed by atoms with Crippen molar-refractivity contribution in [1.29, 1.82) is 0 Å². The molecule has 1 aliphatic carbocycles. The van der Waals surface area contributed by atoms with Crippen molar-refractivity contribution in [2.45, 2.75) is 45.1 Å². The van der Waals surface area contributed by atoms with Gasteiger partial charge < -0.3 is 9.84 Å². The smallest absolute Gasteiger partial charge is 0.305 e. The maximum absolute atomic E-state index is 10.9. The molecular weight excluding hydrogens is 230 g/mol. The summed E-state index contributed by atoms with van der Waals surface area (Å²) < 4.78 is 5.42. The van der Waals surface area contributed by atoms with Crippen LogP contribution in [0.1, 0.15) is 39.0 Å². The fourth-order valence-corrected chi connectivity index (χ4v) is 3.38. The molecule has 3 atom stereocenters. The Labute approximate surface area is 109 Å². The SMILES string of the molecule is CC1CCCC(CN2CCOCC2CC(=O)O)C1. The zero-order chi connectivity index (χ0) is 13.0. The number of nitrogens with zero attached hydrogens (tertiary/aromatic N) is 1. The highest BCUT2D eigenvalue weighted by molar-refractivity contribution is 5.67. The second-order valence-corrected chi connectivity index (χ2v) is 5.96. The zero-order valence-corrected chi connectivity index (χ0v) is 11.3. The van der Waals surface area contributed by atoms with Gasteiger partial charge in [-0.3, -0.25) is 9.69 Å². The van der Waals surface area contributed by atoms with Gasteiger partial charge in [0.25, 0.3) is 0 Å². The predicted molar refractivity (Wildman–Crippen MR) is 69.6 cm³/mol. The third kappa shape index (κ3) is 3.95. The van der Waals surface area contributed by atoms with Crippen LogP contribution in [0.2, 0.25) is 0 Å². The molecule has 0 amide bonds. The maximum Gasteiger partial charge on any atom is 0.305 e. The highest BCUT2D eigenvalue weighted by Gasteiger charge is 2.28. The summed E-state index contributed by atoms with van der Waals surface area (Å²) in [6.07, 6.45) is 5.51. The first kappa shape index (κ1) is 13.8. The summed E-state index contributed by atoms with van der Waals surface area (Å²) in [4.78, 5) is 13.2. The number of aliphatic carboxylic acids is 1. The molecule has 104 valence electrons. The van der Waals surface area contributed by atoms with Gasteiger partial charge in [-0.1, -0.05) is 19.8 Å². The number of hydrogen-bond acceptors (Lipinski definition) is 3. The molecule has 0 aromatic carbocycles. The zero-order valence-electron chi connectivity index (χ0n) is 11.3. The standard InChI is InChI=1S/C14H25NO3/c1-11-3-2-4-12(7-11)9-15-5-6-18-10-13(15)8-14(16)17/h11-13H,2-10H2,1H3,(H,16,17). The number of carboxylic acids is 1. The van der Waals surface area contributed by atoms with Crippen molar-refractivity contribution in [3.8, 4) is 0 Å². The van der Waals surface area contributed by atoms with Crippen molar-refractivity contribution in [3.63, 3.8) is 0 Å². The molecule has 0 bridgehead atoms. The Morgan fingerprint density at radius 3 is 3.00 bits per heavy atom. The third-order valence-electron chi connectivity index (χ3n) is 4.30. The minimum absolute atomic E-state index is 0.0773. The molecule has 2 fully saturated rings. The molecule has 1 saturated heterocycles. The molecule has 1 aliphatic heterocycles. The summed E-state index contributed by atoms with van der Waals surface area (Å²) in [5, 5.41) is 8.95. The molecule has 4 heteroatoms. The lowest BCUT2D eigenvalue weighted by Crippen LogP contribution is -2.48. The number of hydrogen-bond donors (Lipinski definition) is 1. The first-order valence-corrected chi connectivity index (χ1v) is 7.18. The van der Waals surface area contributed by atoms with Crippen molar-refractivity contribution in [2.24, 2.45) is 11.8 Å². The lowest BCUT2D eigenvalue weighted by molar-refractivity contribution is -0.140. The van der Waals surface area contributed by atoms with Crippen molar-refractivity contribution >= 4 is 5.97 Å². The van der Waals surface area contributed by atoms with Gasteiger partial charge in [0.05, 0.1) is 19.6 Å². The van der Waals surface area contributed by atoms with E-state index in [0.717, 1.165) is 31.5 Å². The molecule has 1 heterocycles. The molecule has 2 rings (SSSR count). The molecule has 0 spiro atoms. The Balaban J connectivity index is 1.86. The largest absolute Gasteiger partial charge is 0.481 e. The lowest BCUT2D eigenvalue weighted by atomic mass is 9.82. The average Bonchev–Trinajstić information content (AvgIpc) is 2.31. The summed E-state index contributed by atoms with van der Waals surface area (Å²) in [7, 11) is 0. The minimum Gasteiger partial charge on any atom is -0.481 e. The second-order valence-electron chi connectivity index (χ2n) is 5.96. The fraction of sp³-hybridized carbons (Fsp3) is 0.929. The Morgan fingerprint density at radius 1 is 1.44 bits per heavy atom. The van der Waals surface area contributed by atoms with Crippen LogP contribution in [0.4, 0.5) is 0 Å². The number of carbonyl (C=O) groups is 1. The van der Waals surface area contributed by atoms with Gasteiger partial charge in [-0.15, -0.1) is 0 Å². The van der Waals surface area contributed by atoms with Gasteiger partial charge in [0.1, 0.15) is 0 Å². The topological polar surface area (TPSA) is 49.8 Å². The average molecular weight is 255 g/mol. The molecule has 1 N–H and O–H groups in total. The monoisotopic (exact) mass is 255 g/mol. The number of rotatable bonds is 4. The number of morpholine rings is 1. The Kier molecular flexibility index (Phi) is 5.01. The second kappa shape index (κ2) is 6.53. The Hall–Kier alpha value is -0.610. The van der Waals surface area contributed by atoms with Gasteiger partial charge >= 0.3 is 5.97 Å². The minimum atomic E-state index is -0.715. The first-order chi connectivity index (χ1) is 8.65. The van der Waals surface area contributed by atoms with E-state index in [2.05, 4.69) is 11.8 Å². The Bertz CT molecular complexity index is 282. The van der Waals surface area contributed by atoms with Gasteiger partial charge in [-0.2, -0.15) is 0 Å². The highest BCUT2D eigenvalue weighted by Crippen LogP contribution is 2.30. The van der Waals surface area contributed by atoms with Gasteiger partial charge in [0.15, 0.2) is 0 Å². The van der Waals surface area contributed by atoms with E-state index in [1.807, 2.05) is 0 Å². The van der Waals surface area contributed by atoms with Crippen LogP contribution < -0.4 is 0 Å². The van der Waals surface area contributed by atoms with E-state index in [0.29, 0.717) is 6.61 Å². The number of ether oxygens (including phenoxy) is 1. The lowest BCUT2D eigenvalue weighted by Gasteiger charge is -2.38. The van der Waals surface area contributed by atoms with E-state index < -0.39 is 5.97 Å². The summed E-state index contributed by atoms with van der Waals surface area (Å²) in [5.41, 5.74) is 0. The molecule has 0 aromatic rings. The van der Waals surface area contributed by atoms with E-state index in [4.69, 9.17) is 9.84 Å². The first-order valence-electron chi connectivity index (χ1n) is 7.18. The normalized spacial score (nSPS) is 34.4. The van der Waals surface area contributed by atoms with E-state index in [-0.39, 0.29) is 12.5 Å². The van der Waals surface area contributed by atoms with E-state index in [9.17, 15) is 4.79 Å². The van der Waals surface area contributed by atoms with Crippen LogP contribution in [-0.2, 0) is 9.53 Å². The molecule has 1 saturated carbocycles. The van der Waals surface area contributed by atoms with Crippen LogP contribution >= 0.6 is 0 Å². The van der Waals surface area contributed by atoms with Crippen molar-refractivity contribution in [3.05, 3.63) is 0 Å². The molecule has 18 heavy (non-hydrogen) atoms. The molecule has 2 aliphatic rings. The van der Waals surface area contributed by atoms with E-state index >= 15 is 0 Å². The van der Waals surface area contributed by atoms with E-state index in [1.165, 1.54) is 25.7 Å². The molecule has 0 aromatic heterocycles. The van der Waals surface area contributed by atoms with Crippen LogP contribution in [-0.4, -0.2) is 48.3 Å². The molecule has 0 radical (unpaired) electrons. The highest BCUT2D eigenvalue weighted by atomic mass is 16.5. The van der Waals surface area contributed by atoms with Crippen LogP contribution in [0.25, 0.3) is 0 Å².